The van der Waals surface area contributed by atoms with Gasteiger partial charge in [0.2, 0.25) is 11.6 Å². The fraction of sp³-hybridized carbons (Fsp3) is 0.0800. The highest BCUT2D eigenvalue weighted by atomic mass is 16.4. The summed E-state index contributed by atoms with van der Waals surface area (Å²) in [5, 5.41) is 10.9. The average Bonchev–Trinajstić information content (AvgIpc) is 3.24. The number of rotatable bonds is 4. The molecule has 0 atom stereocenters. The number of oxazole rings is 1. The van der Waals surface area contributed by atoms with E-state index in [1.807, 2.05) is 92.7 Å². The fourth-order valence-corrected chi connectivity index (χ4v) is 3.05. The standard InChI is InChI=1S/C25H21N5O/c1-17-8-12-20(13-9-17)24-29-22(16-26)25(31-24)30(27)23(19-6-4-3-5-7-19)28-21-14-10-18(2)11-15-21/h3-15H,27H2,1-2H3. The van der Waals surface area contributed by atoms with Gasteiger partial charge in [-0.05, 0) is 38.1 Å². The van der Waals surface area contributed by atoms with Crippen LogP contribution in [0.2, 0.25) is 0 Å². The van der Waals surface area contributed by atoms with Gasteiger partial charge in [-0.25, -0.2) is 15.8 Å². The van der Waals surface area contributed by atoms with Crippen molar-refractivity contribution in [1.29, 1.82) is 5.26 Å². The number of hydrogen-bond acceptors (Lipinski definition) is 5. The lowest BCUT2D eigenvalue weighted by atomic mass is 10.1. The third kappa shape index (κ3) is 4.37. The first kappa shape index (κ1) is 20.1. The zero-order valence-electron chi connectivity index (χ0n) is 17.3. The molecular weight excluding hydrogens is 386 g/mol. The molecule has 1 heterocycles. The second-order valence-corrected chi connectivity index (χ2v) is 7.16. The topological polar surface area (TPSA) is 91.4 Å². The van der Waals surface area contributed by atoms with Gasteiger partial charge in [0.15, 0.2) is 5.84 Å². The van der Waals surface area contributed by atoms with Crippen LogP contribution in [0.3, 0.4) is 0 Å². The van der Waals surface area contributed by atoms with E-state index in [0.717, 1.165) is 27.9 Å². The van der Waals surface area contributed by atoms with Gasteiger partial charge in [-0.1, -0.05) is 65.7 Å². The quantitative estimate of drug-likeness (QED) is 0.215. The van der Waals surface area contributed by atoms with Gasteiger partial charge in [0, 0.05) is 11.1 Å². The molecule has 0 aliphatic carbocycles. The summed E-state index contributed by atoms with van der Waals surface area (Å²) >= 11 is 0. The van der Waals surface area contributed by atoms with E-state index in [9.17, 15) is 5.26 Å². The first-order valence-corrected chi connectivity index (χ1v) is 9.79. The maximum atomic E-state index is 9.65. The Labute approximate surface area is 180 Å². The summed E-state index contributed by atoms with van der Waals surface area (Å²) in [6.45, 7) is 4.02. The van der Waals surface area contributed by atoms with Crippen molar-refractivity contribution in [2.24, 2.45) is 10.8 Å². The summed E-state index contributed by atoms with van der Waals surface area (Å²) in [6.07, 6.45) is 0. The Morgan fingerprint density at radius 2 is 1.55 bits per heavy atom. The molecule has 0 aliphatic heterocycles. The Balaban J connectivity index is 1.80. The normalized spacial score (nSPS) is 11.2. The van der Waals surface area contributed by atoms with Gasteiger partial charge >= 0.3 is 0 Å². The van der Waals surface area contributed by atoms with Crippen LogP contribution in [0.4, 0.5) is 11.6 Å². The summed E-state index contributed by atoms with van der Waals surface area (Å²) in [6, 6.07) is 27.1. The Morgan fingerprint density at radius 1 is 0.935 bits per heavy atom. The Morgan fingerprint density at radius 3 is 2.16 bits per heavy atom. The molecule has 0 aliphatic rings. The first-order valence-electron chi connectivity index (χ1n) is 9.79. The molecule has 6 nitrogen and oxygen atoms in total. The van der Waals surface area contributed by atoms with Crippen molar-refractivity contribution in [3.8, 4) is 17.5 Å². The first-order chi connectivity index (χ1) is 15.0. The smallest absolute Gasteiger partial charge is 0.255 e. The third-order valence-electron chi connectivity index (χ3n) is 4.76. The van der Waals surface area contributed by atoms with Gasteiger partial charge in [-0.3, -0.25) is 0 Å². The zero-order chi connectivity index (χ0) is 21.8. The molecule has 0 saturated heterocycles. The maximum absolute atomic E-state index is 9.65. The molecule has 1 aromatic heterocycles. The number of aryl methyl sites for hydroxylation is 2. The summed E-state index contributed by atoms with van der Waals surface area (Å²) in [4.78, 5) is 9.08. The van der Waals surface area contributed by atoms with Crippen molar-refractivity contribution >= 4 is 17.4 Å². The van der Waals surface area contributed by atoms with E-state index in [1.165, 1.54) is 5.01 Å². The zero-order valence-corrected chi connectivity index (χ0v) is 17.3. The van der Waals surface area contributed by atoms with Gasteiger partial charge in [0.05, 0.1) is 5.69 Å². The highest BCUT2D eigenvalue weighted by molar-refractivity contribution is 6.10. The largest absolute Gasteiger partial charge is 0.417 e. The van der Waals surface area contributed by atoms with E-state index in [2.05, 4.69) is 11.1 Å². The molecule has 4 rings (SSSR count). The van der Waals surface area contributed by atoms with Crippen LogP contribution in [0.5, 0.6) is 0 Å². The maximum Gasteiger partial charge on any atom is 0.255 e. The van der Waals surface area contributed by atoms with Crippen LogP contribution in [-0.4, -0.2) is 10.8 Å². The lowest BCUT2D eigenvalue weighted by molar-refractivity contribution is 0.574. The van der Waals surface area contributed by atoms with Crippen LogP contribution in [-0.2, 0) is 0 Å². The Kier molecular flexibility index (Phi) is 5.61. The van der Waals surface area contributed by atoms with Crippen LogP contribution < -0.4 is 10.9 Å². The lowest BCUT2D eigenvalue weighted by Gasteiger charge is -2.18. The molecule has 6 heteroatoms. The minimum atomic E-state index is 0.0885. The van der Waals surface area contributed by atoms with E-state index in [0.29, 0.717) is 11.7 Å². The highest BCUT2D eigenvalue weighted by Gasteiger charge is 2.23. The second kappa shape index (κ2) is 8.66. The molecule has 0 bridgehead atoms. The highest BCUT2D eigenvalue weighted by Crippen LogP contribution is 2.29. The number of nitriles is 1. The summed E-state index contributed by atoms with van der Waals surface area (Å²) in [7, 11) is 0. The SMILES string of the molecule is Cc1ccc(N=C(c2ccccc2)N(N)c2oc(-c3ccc(C)cc3)nc2C#N)cc1. The third-order valence-corrected chi connectivity index (χ3v) is 4.76. The number of nitrogens with zero attached hydrogens (tertiary/aromatic N) is 4. The average molecular weight is 407 g/mol. The lowest BCUT2D eigenvalue weighted by Crippen LogP contribution is -2.38. The van der Waals surface area contributed by atoms with E-state index < -0.39 is 0 Å². The summed E-state index contributed by atoms with van der Waals surface area (Å²) < 4.78 is 5.94. The van der Waals surface area contributed by atoms with Crippen molar-refractivity contribution in [3.05, 3.63) is 101 Å². The number of benzene rings is 3. The molecule has 31 heavy (non-hydrogen) atoms. The molecule has 0 amide bonds. The Hall–Kier alpha value is -4.21. The van der Waals surface area contributed by atoms with Crippen molar-refractivity contribution in [3.63, 3.8) is 0 Å². The van der Waals surface area contributed by atoms with Gasteiger partial charge in [0.25, 0.3) is 5.88 Å². The predicted molar refractivity (Wildman–Crippen MR) is 122 cm³/mol. The molecular formula is C25H21N5O. The van der Waals surface area contributed by atoms with Crippen LogP contribution in [0, 0.1) is 25.2 Å². The molecule has 0 spiro atoms. The van der Waals surface area contributed by atoms with E-state index in [4.69, 9.17) is 15.3 Å². The minimum Gasteiger partial charge on any atom is -0.417 e. The van der Waals surface area contributed by atoms with Crippen molar-refractivity contribution in [2.45, 2.75) is 13.8 Å². The Bertz CT molecular complexity index is 1250. The van der Waals surface area contributed by atoms with E-state index >= 15 is 0 Å². The van der Waals surface area contributed by atoms with Crippen LogP contribution in [0.15, 0.2) is 88.3 Å². The molecule has 0 radical (unpaired) electrons. The minimum absolute atomic E-state index is 0.0885. The number of hydrazine groups is 1. The number of nitrogens with two attached hydrogens (primary N) is 1. The van der Waals surface area contributed by atoms with Gasteiger partial charge in [-0.15, -0.1) is 0 Å². The molecule has 0 unspecified atom stereocenters. The van der Waals surface area contributed by atoms with E-state index in [1.54, 1.807) is 0 Å². The van der Waals surface area contributed by atoms with Crippen molar-refractivity contribution in [2.75, 3.05) is 5.01 Å². The fourth-order valence-electron chi connectivity index (χ4n) is 3.05. The van der Waals surface area contributed by atoms with Gasteiger partial charge in [-0.2, -0.15) is 10.2 Å². The number of anilines is 1. The van der Waals surface area contributed by atoms with E-state index in [-0.39, 0.29) is 11.6 Å². The molecule has 3 aromatic carbocycles. The van der Waals surface area contributed by atoms with Crippen LogP contribution >= 0.6 is 0 Å². The van der Waals surface area contributed by atoms with Crippen molar-refractivity contribution in [1.82, 2.24) is 4.98 Å². The monoisotopic (exact) mass is 407 g/mol. The predicted octanol–water partition coefficient (Wildman–Crippen LogP) is 5.29. The number of aromatic nitrogens is 1. The molecule has 0 fully saturated rings. The molecule has 0 saturated carbocycles. The summed E-state index contributed by atoms with van der Waals surface area (Å²) in [5.74, 6) is 7.35. The second-order valence-electron chi connectivity index (χ2n) is 7.16. The number of amidine groups is 1. The van der Waals surface area contributed by atoms with Crippen molar-refractivity contribution < 1.29 is 4.42 Å². The molecule has 2 N–H and O–H groups in total. The van der Waals surface area contributed by atoms with Crippen LogP contribution in [0.1, 0.15) is 22.4 Å². The molecule has 4 aromatic rings. The van der Waals surface area contributed by atoms with Crippen LogP contribution in [0.25, 0.3) is 11.5 Å². The number of aliphatic imine (C=N–C) groups is 1. The number of hydrogen-bond donors (Lipinski definition) is 1. The van der Waals surface area contributed by atoms with Gasteiger partial charge < -0.3 is 4.42 Å². The van der Waals surface area contributed by atoms with Gasteiger partial charge in [0.1, 0.15) is 6.07 Å². The summed E-state index contributed by atoms with van der Waals surface area (Å²) in [5.41, 5.74) is 4.62. The molecule has 152 valence electrons.